The van der Waals surface area contributed by atoms with Gasteiger partial charge in [-0.1, -0.05) is 23.8 Å². The number of methoxy groups -OCH3 is 1. The topological polar surface area (TPSA) is 74.2 Å². The van der Waals surface area contributed by atoms with Crippen LogP contribution in [0.5, 0.6) is 0 Å². The first-order valence-corrected chi connectivity index (χ1v) is 9.33. The maximum atomic E-state index is 12.7. The lowest BCUT2D eigenvalue weighted by Gasteiger charge is -2.36. The van der Waals surface area contributed by atoms with Gasteiger partial charge in [0.15, 0.2) is 0 Å². The van der Waals surface area contributed by atoms with Crippen molar-refractivity contribution in [3.8, 4) is 0 Å². The van der Waals surface area contributed by atoms with Crippen LogP contribution >= 0.6 is 0 Å². The van der Waals surface area contributed by atoms with Gasteiger partial charge in [0.2, 0.25) is 0 Å². The Hall–Kier alpha value is -2.25. The number of amides is 2. The smallest absolute Gasteiger partial charge is 0.341 e. The summed E-state index contributed by atoms with van der Waals surface area (Å²) in [6, 6.07) is 5.19. The molecule has 3 rings (SSSR count). The lowest BCUT2D eigenvalue weighted by atomic mass is 9.85. The fourth-order valence-corrected chi connectivity index (χ4v) is 3.76. The number of hydrogen-bond acceptors (Lipinski definition) is 5. The molecule has 1 aromatic carbocycles. The Bertz CT molecular complexity index is 754. The predicted molar refractivity (Wildman–Crippen MR) is 104 cm³/mol. The van der Waals surface area contributed by atoms with Crippen molar-refractivity contribution in [2.45, 2.75) is 19.9 Å². The number of nitrogens with zero attached hydrogens (tertiary/aromatic N) is 3. The van der Waals surface area contributed by atoms with Crippen molar-refractivity contribution in [1.82, 2.24) is 15.1 Å². The zero-order chi connectivity index (χ0) is 19.6. The second-order valence-electron chi connectivity index (χ2n) is 7.47. The normalized spacial score (nSPS) is 24.3. The molecule has 1 aromatic rings. The monoisotopic (exact) mass is 372 g/mol. The lowest BCUT2D eigenvalue weighted by molar-refractivity contribution is -0.144. The van der Waals surface area contributed by atoms with Crippen LogP contribution < -0.4 is 5.32 Å². The number of ether oxygens (including phenoxy) is 1. The summed E-state index contributed by atoms with van der Waals surface area (Å²) in [5.41, 5.74) is 3.63. The van der Waals surface area contributed by atoms with Crippen molar-refractivity contribution in [2.24, 2.45) is 10.9 Å². The van der Waals surface area contributed by atoms with E-state index in [1.165, 1.54) is 7.11 Å². The van der Waals surface area contributed by atoms with Gasteiger partial charge in [-0.15, -0.1) is 0 Å². The highest BCUT2D eigenvalue weighted by Gasteiger charge is 2.40. The van der Waals surface area contributed by atoms with Crippen molar-refractivity contribution in [3.05, 3.63) is 34.9 Å². The van der Waals surface area contributed by atoms with Gasteiger partial charge in [0.1, 0.15) is 5.92 Å². The number of piperazine rings is 1. The van der Waals surface area contributed by atoms with Crippen LogP contribution in [0.15, 0.2) is 23.2 Å². The van der Waals surface area contributed by atoms with E-state index in [0.717, 1.165) is 42.9 Å². The van der Waals surface area contributed by atoms with Gasteiger partial charge in [-0.3, -0.25) is 9.69 Å². The van der Waals surface area contributed by atoms with Gasteiger partial charge >= 0.3 is 12.0 Å². The molecule has 7 heteroatoms. The molecule has 2 amide bonds. The van der Waals surface area contributed by atoms with Gasteiger partial charge in [-0.2, -0.15) is 0 Å². The second kappa shape index (κ2) is 8.19. The Morgan fingerprint density at radius 1 is 1.26 bits per heavy atom. The third-order valence-electron chi connectivity index (χ3n) is 5.42. The molecular formula is C20H28N4O3. The lowest BCUT2D eigenvalue weighted by Crippen LogP contribution is -2.52. The summed E-state index contributed by atoms with van der Waals surface area (Å²) in [6.07, 6.45) is 0. The highest BCUT2D eigenvalue weighted by molar-refractivity contribution is 6.10. The van der Waals surface area contributed by atoms with E-state index in [4.69, 9.17) is 4.74 Å². The number of aliphatic imine (C=N–C) groups is 1. The maximum Gasteiger partial charge on any atom is 0.341 e. The number of likely N-dealkylation sites (N-methyl/N-ethyl adjacent to an activating group) is 1. The van der Waals surface area contributed by atoms with E-state index in [2.05, 4.69) is 27.2 Å². The Morgan fingerprint density at radius 3 is 2.63 bits per heavy atom. The van der Waals surface area contributed by atoms with Gasteiger partial charge in [-0.25, -0.2) is 9.79 Å². The molecule has 0 bridgehead atoms. The van der Waals surface area contributed by atoms with E-state index >= 15 is 0 Å². The number of carbonyl (C=O) groups excluding carboxylic acids is 2. The van der Waals surface area contributed by atoms with Crippen molar-refractivity contribution in [2.75, 3.05) is 46.9 Å². The molecule has 2 aliphatic rings. The molecule has 1 fully saturated rings. The molecule has 2 atom stereocenters. The molecule has 2 heterocycles. The van der Waals surface area contributed by atoms with E-state index in [9.17, 15) is 9.59 Å². The van der Waals surface area contributed by atoms with E-state index < -0.39 is 18.0 Å². The first-order chi connectivity index (χ1) is 12.9. The van der Waals surface area contributed by atoms with Gasteiger partial charge in [0.25, 0.3) is 0 Å². The number of rotatable bonds is 4. The van der Waals surface area contributed by atoms with Gasteiger partial charge < -0.3 is 15.0 Å². The van der Waals surface area contributed by atoms with E-state index in [1.807, 2.05) is 32.0 Å². The third-order valence-corrected chi connectivity index (χ3v) is 5.42. The van der Waals surface area contributed by atoms with Crippen molar-refractivity contribution < 1.29 is 14.3 Å². The van der Waals surface area contributed by atoms with Crippen molar-refractivity contribution in [3.63, 3.8) is 0 Å². The summed E-state index contributed by atoms with van der Waals surface area (Å²) in [5, 5.41) is 2.89. The van der Waals surface area contributed by atoms with Crippen LogP contribution in [0, 0.1) is 19.8 Å². The Balaban J connectivity index is 1.93. The zero-order valence-corrected chi connectivity index (χ0v) is 16.5. The molecule has 0 spiro atoms. The van der Waals surface area contributed by atoms with Crippen molar-refractivity contribution in [1.29, 1.82) is 0 Å². The number of benzene rings is 1. The number of carbonyl (C=O) groups is 2. The number of urea groups is 1. The first-order valence-electron chi connectivity index (χ1n) is 9.33. The minimum atomic E-state index is -0.618. The Morgan fingerprint density at radius 2 is 1.96 bits per heavy atom. The Kier molecular flexibility index (Phi) is 5.92. The number of esters is 1. The van der Waals surface area contributed by atoms with E-state index in [0.29, 0.717) is 12.3 Å². The highest BCUT2D eigenvalue weighted by atomic mass is 16.5. The van der Waals surface area contributed by atoms with Gasteiger partial charge in [-0.05, 0) is 32.0 Å². The first kappa shape index (κ1) is 19.5. The average Bonchev–Trinajstić information content (AvgIpc) is 2.64. The standard InChI is InChI=1S/C20H28N4O3/c1-13-5-6-14(2)15(11-13)18-17(19(25)27-4)16(21-20(26)22-18)12-24-9-7-23(3)8-10-24/h5-6,11,17-18H,7-10,12H2,1-4H3,(H,22,26). The predicted octanol–water partition coefficient (Wildman–Crippen LogP) is 1.55. The van der Waals surface area contributed by atoms with Crippen LogP contribution in [0.25, 0.3) is 0 Å². The van der Waals surface area contributed by atoms with Crippen LogP contribution in [0.3, 0.4) is 0 Å². The molecule has 27 heavy (non-hydrogen) atoms. The summed E-state index contributed by atoms with van der Waals surface area (Å²) >= 11 is 0. The summed E-state index contributed by atoms with van der Waals surface area (Å²) in [7, 11) is 3.48. The molecule has 0 saturated carbocycles. The summed E-state index contributed by atoms with van der Waals surface area (Å²) in [6.45, 7) is 8.19. The minimum absolute atomic E-state index is 0.367. The van der Waals surface area contributed by atoms with Crippen LogP contribution in [0.2, 0.25) is 0 Å². The third kappa shape index (κ3) is 4.36. The molecule has 2 aliphatic heterocycles. The number of aryl methyl sites for hydroxylation is 2. The SMILES string of the molecule is COC(=O)C1C(CN2CCN(C)CC2)=NC(=O)NC1c1cc(C)ccc1C. The van der Waals surface area contributed by atoms with Crippen LogP contribution in [0.1, 0.15) is 22.7 Å². The fourth-order valence-electron chi connectivity index (χ4n) is 3.76. The molecule has 0 aliphatic carbocycles. The molecule has 2 unspecified atom stereocenters. The minimum Gasteiger partial charge on any atom is -0.468 e. The van der Waals surface area contributed by atoms with Crippen LogP contribution in [-0.2, 0) is 9.53 Å². The molecule has 0 aromatic heterocycles. The second-order valence-corrected chi connectivity index (χ2v) is 7.47. The van der Waals surface area contributed by atoms with Gasteiger partial charge in [0, 0.05) is 32.7 Å². The molecule has 0 radical (unpaired) electrons. The van der Waals surface area contributed by atoms with Crippen LogP contribution in [-0.4, -0.2) is 74.4 Å². The van der Waals surface area contributed by atoms with Crippen molar-refractivity contribution >= 4 is 17.7 Å². The summed E-state index contributed by atoms with van der Waals surface area (Å²) in [4.78, 5) is 33.7. The highest BCUT2D eigenvalue weighted by Crippen LogP contribution is 2.31. The zero-order valence-electron chi connectivity index (χ0n) is 16.5. The van der Waals surface area contributed by atoms with E-state index in [-0.39, 0.29) is 5.97 Å². The largest absolute Gasteiger partial charge is 0.468 e. The average molecular weight is 372 g/mol. The van der Waals surface area contributed by atoms with E-state index in [1.54, 1.807) is 0 Å². The number of nitrogens with one attached hydrogen (secondary N) is 1. The Labute approximate surface area is 160 Å². The van der Waals surface area contributed by atoms with Crippen LogP contribution in [0.4, 0.5) is 4.79 Å². The van der Waals surface area contributed by atoms with Gasteiger partial charge in [0.05, 0.1) is 18.9 Å². The number of hydrogen-bond donors (Lipinski definition) is 1. The molecule has 1 N–H and O–H groups in total. The fraction of sp³-hybridized carbons (Fsp3) is 0.550. The molecule has 7 nitrogen and oxygen atoms in total. The summed E-state index contributed by atoms with van der Waals surface area (Å²) < 4.78 is 5.09. The maximum absolute atomic E-state index is 12.7. The molecule has 1 saturated heterocycles. The quantitative estimate of drug-likeness (QED) is 0.812. The molecule has 146 valence electrons. The summed E-state index contributed by atoms with van der Waals surface area (Å²) in [5.74, 6) is -0.985. The molecular weight excluding hydrogens is 344 g/mol.